The number of nitrogens with two attached hydrogens (primary N) is 1. The number of nitrogen functional groups attached to an aromatic ring is 1. The Bertz CT molecular complexity index is 1110. The lowest BCUT2D eigenvalue weighted by Crippen LogP contribution is -2.37. The molecule has 0 atom stereocenters. The molecule has 10 heteroatoms. The molecular weight excluding hydrogens is 406 g/mol. The van der Waals surface area contributed by atoms with Crippen molar-refractivity contribution in [2.45, 2.75) is 10.9 Å². The van der Waals surface area contributed by atoms with Gasteiger partial charge >= 0.3 is 5.63 Å². The van der Waals surface area contributed by atoms with Gasteiger partial charge in [-0.25, -0.2) is 14.8 Å². The zero-order valence-corrected chi connectivity index (χ0v) is 17.6. The Morgan fingerprint density at radius 2 is 2.07 bits per heavy atom. The summed E-state index contributed by atoms with van der Waals surface area (Å²) < 4.78 is 16.0. The number of benzene rings is 1. The standard InChI is InChI=1S/C20H23N5O4S/c1-22-18-17(21)19(25-5-7-28-8-6-25)24-20(23-18)30-11-12-9-16(26)29-15-10-13(27-2)3-4-14(12)15/h3-4,9-10H,5-8,11,21H2,1-2H3,(H,22,23,24). The van der Waals surface area contributed by atoms with E-state index in [1.54, 1.807) is 20.2 Å². The molecule has 0 spiro atoms. The first-order valence-electron chi connectivity index (χ1n) is 9.50. The lowest BCUT2D eigenvalue weighted by Gasteiger charge is -2.29. The minimum Gasteiger partial charge on any atom is -0.497 e. The van der Waals surface area contributed by atoms with Crippen LogP contribution in [-0.2, 0) is 10.5 Å². The average molecular weight is 430 g/mol. The Kier molecular flexibility index (Phi) is 5.96. The van der Waals surface area contributed by atoms with Crippen LogP contribution in [0.4, 0.5) is 17.3 Å². The highest BCUT2D eigenvalue weighted by atomic mass is 32.2. The van der Waals surface area contributed by atoms with E-state index in [1.807, 2.05) is 12.1 Å². The number of ether oxygens (including phenoxy) is 2. The van der Waals surface area contributed by atoms with E-state index in [0.717, 1.165) is 24.0 Å². The minimum atomic E-state index is -0.408. The largest absolute Gasteiger partial charge is 0.497 e. The summed E-state index contributed by atoms with van der Waals surface area (Å²) in [7, 11) is 3.35. The van der Waals surface area contributed by atoms with Crippen LogP contribution in [-0.4, -0.2) is 50.4 Å². The number of methoxy groups -OCH3 is 1. The van der Waals surface area contributed by atoms with E-state index in [4.69, 9.17) is 19.6 Å². The Labute approximate surface area is 177 Å². The second kappa shape index (κ2) is 8.80. The predicted octanol–water partition coefficient (Wildman–Crippen LogP) is 2.34. The first-order chi connectivity index (χ1) is 14.6. The molecule has 1 saturated heterocycles. The number of hydrogen-bond acceptors (Lipinski definition) is 10. The molecule has 158 valence electrons. The smallest absolute Gasteiger partial charge is 0.336 e. The molecule has 3 N–H and O–H groups in total. The predicted molar refractivity (Wildman–Crippen MR) is 118 cm³/mol. The van der Waals surface area contributed by atoms with E-state index < -0.39 is 5.63 Å². The summed E-state index contributed by atoms with van der Waals surface area (Å²) in [5.74, 6) is 2.41. The van der Waals surface area contributed by atoms with Crippen LogP contribution >= 0.6 is 11.8 Å². The maximum absolute atomic E-state index is 12.0. The van der Waals surface area contributed by atoms with Crippen molar-refractivity contribution in [3.8, 4) is 5.75 Å². The summed E-state index contributed by atoms with van der Waals surface area (Å²) in [5.41, 5.74) is 7.71. The van der Waals surface area contributed by atoms with Crippen LogP contribution in [0.2, 0.25) is 0 Å². The van der Waals surface area contributed by atoms with Crippen molar-refractivity contribution in [3.05, 3.63) is 40.2 Å². The van der Waals surface area contributed by atoms with E-state index in [9.17, 15) is 4.79 Å². The highest BCUT2D eigenvalue weighted by Crippen LogP contribution is 2.33. The van der Waals surface area contributed by atoms with Crippen LogP contribution in [0, 0.1) is 0 Å². The molecule has 1 aliphatic heterocycles. The van der Waals surface area contributed by atoms with Gasteiger partial charge in [0, 0.05) is 43.4 Å². The number of nitrogens with one attached hydrogen (secondary N) is 1. The van der Waals surface area contributed by atoms with Gasteiger partial charge in [-0.2, -0.15) is 0 Å². The summed E-state index contributed by atoms with van der Waals surface area (Å²) in [6.45, 7) is 2.72. The molecule has 30 heavy (non-hydrogen) atoms. The lowest BCUT2D eigenvalue weighted by molar-refractivity contribution is 0.122. The van der Waals surface area contributed by atoms with Crippen LogP contribution in [0.25, 0.3) is 11.0 Å². The van der Waals surface area contributed by atoms with Crippen LogP contribution in [0.5, 0.6) is 5.75 Å². The Hall–Kier alpha value is -2.98. The number of rotatable bonds is 6. The van der Waals surface area contributed by atoms with Crippen molar-refractivity contribution >= 4 is 40.1 Å². The van der Waals surface area contributed by atoms with Crippen molar-refractivity contribution in [1.82, 2.24) is 9.97 Å². The third-order valence-electron chi connectivity index (χ3n) is 4.85. The van der Waals surface area contributed by atoms with Gasteiger partial charge in [-0.1, -0.05) is 11.8 Å². The molecule has 4 rings (SSSR count). The molecular formula is C20H23N5O4S. The van der Waals surface area contributed by atoms with Gasteiger partial charge in [0.25, 0.3) is 0 Å². The Balaban J connectivity index is 1.64. The Morgan fingerprint density at radius 3 is 2.80 bits per heavy atom. The second-order valence-electron chi connectivity index (χ2n) is 6.68. The first kappa shape index (κ1) is 20.3. The molecule has 0 bridgehead atoms. The fourth-order valence-electron chi connectivity index (χ4n) is 3.31. The van der Waals surface area contributed by atoms with Crippen molar-refractivity contribution in [1.29, 1.82) is 0 Å². The normalized spacial score (nSPS) is 14.1. The number of anilines is 3. The quantitative estimate of drug-likeness (QED) is 0.344. The number of nitrogens with zero attached hydrogens (tertiary/aromatic N) is 3. The first-order valence-corrected chi connectivity index (χ1v) is 10.5. The summed E-state index contributed by atoms with van der Waals surface area (Å²) in [4.78, 5) is 23.3. The van der Waals surface area contributed by atoms with Crippen LogP contribution in [0.15, 0.2) is 38.6 Å². The average Bonchev–Trinajstić information content (AvgIpc) is 2.78. The zero-order chi connectivity index (χ0) is 21.1. The fraction of sp³-hybridized carbons (Fsp3) is 0.350. The van der Waals surface area contributed by atoms with Gasteiger partial charge in [0.15, 0.2) is 16.8 Å². The van der Waals surface area contributed by atoms with Crippen LogP contribution in [0.1, 0.15) is 5.56 Å². The van der Waals surface area contributed by atoms with Gasteiger partial charge in [-0.3, -0.25) is 0 Å². The molecule has 3 heterocycles. The van der Waals surface area contributed by atoms with Gasteiger partial charge in [-0.15, -0.1) is 0 Å². The molecule has 2 aromatic heterocycles. The van der Waals surface area contributed by atoms with Crippen molar-refractivity contribution in [2.75, 3.05) is 56.4 Å². The van der Waals surface area contributed by atoms with Crippen molar-refractivity contribution in [3.63, 3.8) is 0 Å². The maximum atomic E-state index is 12.0. The van der Waals surface area contributed by atoms with E-state index in [-0.39, 0.29) is 0 Å². The molecule has 9 nitrogen and oxygen atoms in total. The molecule has 0 amide bonds. The summed E-state index contributed by atoms with van der Waals surface area (Å²) in [6.07, 6.45) is 0. The minimum absolute atomic E-state index is 0.408. The Morgan fingerprint density at radius 1 is 1.27 bits per heavy atom. The number of hydrogen-bond donors (Lipinski definition) is 2. The SMILES string of the molecule is CNc1nc(SCc2cc(=O)oc3cc(OC)ccc23)nc(N2CCOCC2)c1N. The highest BCUT2D eigenvalue weighted by molar-refractivity contribution is 7.98. The molecule has 0 unspecified atom stereocenters. The topological polar surface area (TPSA) is 116 Å². The van der Waals surface area contributed by atoms with Gasteiger partial charge in [-0.05, 0) is 17.7 Å². The van der Waals surface area contributed by atoms with Gasteiger partial charge in [0.05, 0.1) is 20.3 Å². The molecule has 0 saturated carbocycles. The van der Waals surface area contributed by atoms with E-state index in [2.05, 4.69) is 20.2 Å². The maximum Gasteiger partial charge on any atom is 0.336 e. The molecule has 3 aromatic rings. The second-order valence-corrected chi connectivity index (χ2v) is 7.63. The van der Waals surface area contributed by atoms with Crippen LogP contribution in [0.3, 0.4) is 0 Å². The zero-order valence-electron chi connectivity index (χ0n) is 16.8. The number of morpholine rings is 1. The summed E-state index contributed by atoms with van der Waals surface area (Å²) >= 11 is 1.44. The van der Waals surface area contributed by atoms with Crippen LogP contribution < -0.4 is 26.3 Å². The summed E-state index contributed by atoms with van der Waals surface area (Å²) in [6, 6.07) is 6.93. The van der Waals surface area contributed by atoms with Crippen molar-refractivity contribution in [2.24, 2.45) is 0 Å². The third-order valence-corrected chi connectivity index (χ3v) is 5.74. The summed E-state index contributed by atoms with van der Waals surface area (Å²) in [5, 5.41) is 4.46. The molecule has 1 aromatic carbocycles. The van der Waals surface area contributed by atoms with E-state index in [0.29, 0.717) is 52.8 Å². The monoisotopic (exact) mass is 429 g/mol. The van der Waals surface area contributed by atoms with Gasteiger partial charge < -0.3 is 29.8 Å². The van der Waals surface area contributed by atoms with E-state index >= 15 is 0 Å². The van der Waals surface area contributed by atoms with Gasteiger partial charge in [0.2, 0.25) is 0 Å². The molecule has 1 fully saturated rings. The molecule has 0 aliphatic carbocycles. The molecule has 0 radical (unpaired) electrons. The molecule has 1 aliphatic rings. The lowest BCUT2D eigenvalue weighted by atomic mass is 10.1. The number of thioether (sulfide) groups is 1. The van der Waals surface area contributed by atoms with E-state index in [1.165, 1.54) is 17.8 Å². The number of aromatic nitrogens is 2. The van der Waals surface area contributed by atoms with Gasteiger partial charge in [0.1, 0.15) is 17.0 Å². The van der Waals surface area contributed by atoms with Crippen molar-refractivity contribution < 1.29 is 13.9 Å². The third kappa shape index (κ3) is 4.14. The fourth-order valence-corrected chi connectivity index (χ4v) is 4.14. The number of fused-ring (bicyclic) bond motifs is 1. The highest BCUT2D eigenvalue weighted by Gasteiger charge is 2.20.